The molecule has 1 heterocycles. The standard InChI is InChI=1S/C15H27NO3/c1-15(14(18)19)7-4-8-16(11-15)10-13(17)9-12-5-2-3-6-12/h12-13,17H,2-11H2,1H3,(H,18,19). The zero-order chi connectivity index (χ0) is 13.9. The minimum atomic E-state index is -0.706. The van der Waals surface area contributed by atoms with Gasteiger partial charge in [0, 0.05) is 13.1 Å². The number of nitrogens with zero attached hydrogens (tertiary/aromatic N) is 1. The molecular formula is C15H27NO3. The lowest BCUT2D eigenvalue weighted by atomic mass is 9.82. The molecule has 4 heteroatoms. The molecule has 0 spiro atoms. The molecule has 0 aromatic heterocycles. The van der Waals surface area contributed by atoms with E-state index in [-0.39, 0.29) is 6.10 Å². The number of aliphatic hydroxyl groups is 1. The number of piperidine rings is 1. The maximum atomic E-state index is 11.3. The number of β-amino-alcohol motifs (C(OH)–C–C–N with tert-alkyl or cyclic N) is 1. The van der Waals surface area contributed by atoms with Crippen molar-refractivity contribution in [2.75, 3.05) is 19.6 Å². The van der Waals surface area contributed by atoms with Gasteiger partial charge < -0.3 is 10.2 Å². The van der Waals surface area contributed by atoms with Crippen LogP contribution in [0, 0.1) is 11.3 Å². The zero-order valence-electron chi connectivity index (χ0n) is 12.0. The summed E-state index contributed by atoms with van der Waals surface area (Å²) in [6, 6.07) is 0. The van der Waals surface area contributed by atoms with Crippen molar-refractivity contribution in [3.8, 4) is 0 Å². The Kier molecular flexibility index (Phi) is 4.85. The SMILES string of the molecule is CC1(C(=O)O)CCCN(CC(O)CC2CCCC2)C1. The Bertz CT molecular complexity index is 315. The number of carboxylic acid groups (broad SMARTS) is 1. The van der Waals surface area contributed by atoms with E-state index in [9.17, 15) is 15.0 Å². The van der Waals surface area contributed by atoms with Gasteiger partial charge in [0.15, 0.2) is 0 Å². The van der Waals surface area contributed by atoms with Crippen LogP contribution in [0.2, 0.25) is 0 Å². The van der Waals surface area contributed by atoms with E-state index >= 15 is 0 Å². The normalized spacial score (nSPS) is 31.5. The quantitative estimate of drug-likeness (QED) is 0.802. The van der Waals surface area contributed by atoms with Crippen molar-refractivity contribution >= 4 is 5.97 Å². The summed E-state index contributed by atoms with van der Waals surface area (Å²) >= 11 is 0. The van der Waals surface area contributed by atoms with Crippen LogP contribution >= 0.6 is 0 Å². The van der Waals surface area contributed by atoms with Crippen LogP contribution in [0.1, 0.15) is 51.9 Å². The molecule has 2 unspecified atom stereocenters. The lowest BCUT2D eigenvalue weighted by Gasteiger charge is -2.38. The van der Waals surface area contributed by atoms with Crippen molar-refractivity contribution in [1.82, 2.24) is 4.90 Å². The number of aliphatic carboxylic acids is 1. The molecule has 1 saturated heterocycles. The molecule has 0 aromatic carbocycles. The number of carbonyl (C=O) groups is 1. The number of hydrogen-bond acceptors (Lipinski definition) is 3. The van der Waals surface area contributed by atoms with Crippen LogP contribution in [0.15, 0.2) is 0 Å². The second-order valence-electron chi connectivity index (χ2n) is 6.74. The first-order valence-corrected chi connectivity index (χ1v) is 7.63. The van der Waals surface area contributed by atoms with Crippen molar-refractivity contribution in [1.29, 1.82) is 0 Å². The molecule has 2 atom stereocenters. The molecule has 4 nitrogen and oxygen atoms in total. The molecule has 0 bridgehead atoms. The Balaban J connectivity index is 1.79. The Morgan fingerprint density at radius 1 is 1.37 bits per heavy atom. The van der Waals surface area contributed by atoms with Gasteiger partial charge in [-0.25, -0.2) is 0 Å². The fourth-order valence-electron chi connectivity index (χ4n) is 3.68. The molecule has 110 valence electrons. The van der Waals surface area contributed by atoms with Crippen LogP contribution in [0.5, 0.6) is 0 Å². The van der Waals surface area contributed by atoms with Gasteiger partial charge in [-0.15, -0.1) is 0 Å². The second kappa shape index (κ2) is 6.23. The first-order chi connectivity index (χ1) is 8.99. The van der Waals surface area contributed by atoms with Crippen LogP contribution in [-0.4, -0.2) is 46.8 Å². The van der Waals surface area contributed by atoms with Gasteiger partial charge in [0.05, 0.1) is 11.5 Å². The van der Waals surface area contributed by atoms with Gasteiger partial charge in [-0.3, -0.25) is 9.69 Å². The van der Waals surface area contributed by atoms with Gasteiger partial charge in [0.2, 0.25) is 0 Å². The smallest absolute Gasteiger partial charge is 0.310 e. The molecule has 2 rings (SSSR count). The summed E-state index contributed by atoms with van der Waals surface area (Å²) in [4.78, 5) is 13.4. The van der Waals surface area contributed by atoms with Crippen molar-refractivity contribution in [3.63, 3.8) is 0 Å². The van der Waals surface area contributed by atoms with Crippen LogP contribution in [0.3, 0.4) is 0 Å². The highest BCUT2D eigenvalue weighted by atomic mass is 16.4. The van der Waals surface area contributed by atoms with E-state index in [4.69, 9.17) is 0 Å². The van der Waals surface area contributed by atoms with Gasteiger partial charge in [-0.05, 0) is 38.6 Å². The third-order valence-electron chi connectivity index (χ3n) is 4.84. The summed E-state index contributed by atoms with van der Waals surface area (Å²) in [6.45, 7) is 3.96. The van der Waals surface area contributed by atoms with E-state index in [1.54, 1.807) is 0 Å². The van der Waals surface area contributed by atoms with Crippen molar-refractivity contribution in [2.45, 2.75) is 58.0 Å². The summed E-state index contributed by atoms with van der Waals surface area (Å²) < 4.78 is 0. The topological polar surface area (TPSA) is 60.8 Å². The predicted molar refractivity (Wildman–Crippen MR) is 74.0 cm³/mol. The predicted octanol–water partition coefficient (Wildman–Crippen LogP) is 2.11. The Morgan fingerprint density at radius 2 is 2.05 bits per heavy atom. The average molecular weight is 269 g/mol. The minimum Gasteiger partial charge on any atom is -0.481 e. The Morgan fingerprint density at radius 3 is 2.68 bits per heavy atom. The first-order valence-electron chi connectivity index (χ1n) is 7.63. The summed E-state index contributed by atoms with van der Waals surface area (Å²) in [6.07, 6.45) is 7.38. The molecule has 0 radical (unpaired) electrons. The van der Waals surface area contributed by atoms with E-state index in [1.807, 2.05) is 6.92 Å². The number of rotatable bonds is 5. The highest BCUT2D eigenvalue weighted by Gasteiger charge is 2.38. The van der Waals surface area contributed by atoms with Gasteiger partial charge in [0.1, 0.15) is 0 Å². The summed E-state index contributed by atoms with van der Waals surface area (Å²) in [5.74, 6) is -0.0202. The van der Waals surface area contributed by atoms with E-state index < -0.39 is 11.4 Å². The van der Waals surface area contributed by atoms with E-state index in [0.717, 1.165) is 25.8 Å². The molecule has 0 aromatic rings. The van der Waals surface area contributed by atoms with Crippen LogP contribution < -0.4 is 0 Å². The lowest BCUT2D eigenvalue weighted by molar-refractivity contribution is -0.151. The number of hydrogen-bond donors (Lipinski definition) is 2. The number of aliphatic hydroxyl groups excluding tert-OH is 1. The zero-order valence-corrected chi connectivity index (χ0v) is 12.0. The van der Waals surface area contributed by atoms with Crippen molar-refractivity contribution in [3.05, 3.63) is 0 Å². The van der Waals surface area contributed by atoms with Gasteiger partial charge in [0.25, 0.3) is 0 Å². The molecule has 0 amide bonds. The van der Waals surface area contributed by atoms with Crippen LogP contribution in [0.25, 0.3) is 0 Å². The summed E-state index contributed by atoms with van der Waals surface area (Å²) in [5, 5.41) is 19.5. The maximum Gasteiger partial charge on any atom is 0.310 e. The van der Waals surface area contributed by atoms with E-state index in [0.29, 0.717) is 19.0 Å². The number of carboxylic acids is 1. The van der Waals surface area contributed by atoms with Gasteiger partial charge in [-0.1, -0.05) is 25.7 Å². The highest BCUT2D eigenvalue weighted by Crippen LogP contribution is 2.31. The van der Waals surface area contributed by atoms with E-state index in [2.05, 4.69) is 4.90 Å². The second-order valence-corrected chi connectivity index (χ2v) is 6.74. The number of likely N-dealkylation sites (tertiary alicyclic amines) is 1. The van der Waals surface area contributed by atoms with Gasteiger partial charge in [-0.2, -0.15) is 0 Å². The Hall–Kier alpha value is -0.610. The van der Waals surface area contributed by atoms with Crippen molar-refractivity contribution in [2.24, 2.45) is 11.3 Å². The highest BCUT2D eigenvalue weighted by molar-refractivity contribution is 5.74. The Labute approximate surface area is 115 Å². The van der Waals surface area contributed by atoms with Gasteiger partial charge >= 0.3 is 5.97 Å². The monoisotopic (exact) mass is 269 g/mol. The van der Waals surface area contributed by atoms with Crippen LogP contribution in [0.4, 0.5) is 0 Å². The molecule has 1 aliphatic carbocycles. The maximum absolute atomic E-state index is 11.3. The molecule has 2 fully saturated rings. The molecule has 19 heavy (non-hydrogen) atoms. The fraction of sp³-hybridized carbons (Fsp3) is 0.933. The largest absolute Gasteiger partial charge is 0.481 e. The average Bonchev–Trinajstić information content (AvgIpc) is 2.81. The molecule has 2 aliphatic rings. The molecule has 2 N–H and O–H groups in total. The minimum absolute atomic E-state index is 0.292. The fourth-order valence-corrected chi connectivity index (χ4v) is 3.68. The third kappa shape index (κ3) is 3.93. The summed E-state index contributed by atoms with van der Waals surface area (Å²) in [5.41, 5.74) is -0.634. The van der Waals surface area contributed by atoms with Crippen LogP contribution in [-0.2, 0) is 4.79 Å². The van der Waals surface area contributed by atoms with E-state index in [1.165, 1.54) is 25.7 Å². The lowest BCUT2D eigenvalue weighted by Crippen LogP contribution is -2.48. The van der Waals surface area contributed by atoms with Crippen molar-refractivity contribution < 1.29 is 15.0 Å². The molecular weight excluding hydrogens is 242 g/mol. The molecule has 1 saturated carbocycles. The summed E-state index contributed by atoms with van der Waals surface area (Å²) in [7, 11) is 0. The first kappa shape index (κ1) is 14.8. The third-order valence-corrected chi connectivity index (χ3v) is 4.84. The molecule has 1 aliphatic heterocycles.